The molecule has 0 bridgehead atoms. The zero-order chi connectivity index (χ0) is 18.1. The molecule has 2 aromatic rings. The molecule has 0 aromatic carbocycles. The fourth-order valence-electron chi connectivity index (χ4n) is 3.43. The summed E-state index contributed by atoms with van der Waals surface area (Å²) >= 11 is 0. The van der Waals surface area contributed by atoms with Gasteiger partial charge in [-0.1, -0.05) is 6.07 Å². The lowest BCUT2D eigenvalue weighted by Crippen LogP contribution is -2.54. The minimum Gasteiger partial charge on any atom is -0.481 e. The molecular formula is C18H25N5O2. The average molecular weight is 343 g/mol. The van der Waals surface area contributed by atoms with Crippen LogP contribution in [0.25, 0.3) is 0 Å². The molecule has 0 N–H and O–H groups in total. The van der Waals surface area contributed by atoms with Crippen LogP contribution in [0.15, 0.2) is 18.2 Å². The van der Waals surface area contributed by atoms with Gasteiger partial charge in [0.1, 0.15) is 11.4 Å². The second-order valence-electron chi connectivity index (χ2n) is 6.52. The predicted octanol–water partition coefficient (Wildman–Crippen LogP) is 1.79. The fraction of sp³-hybridized carbons (Fsp3) is 0.500. The molecule has 0 radical (unpaired) electrons. The number of aromatic nitrogens is 3. The van der Waals surface area contributed by atoms with Gasteiger partial charge in [0.15, 0.2) is 0 Å². The molecule has 0 unspecified atom stereocenters. The summed E-state index contributed by atoms with van der Waals surface area (Å²) in [6.45, 7) is 8.06. The molecule has 1 aliphatic heterocycles. The van der Waals surface area contributed by atoms with Gasteiger partial charge in [-0.25, -0.2) is 9.67 Å². The normalized spacial score (nSPS) is 17.7. The standard InChI is InChI=1S/C18H25N5O2/c1-12-7-6-8-15(19-12)22-9-10-23(13(2)11-22)17(24)16-14(3)20-21(4)18(16)25-5/h6-8,13H,9-11H2,1-5H3/t13-/m1/s1. The predicted molar refractivity (Wildman–Crippen MR) is 96.2 cm³/mol. The van der Waals surface area contributed by atoms with Crippen molar-refractivity contribution in [3.8, 4) is 5.88 Å². The van der Waals surface area contributed by atoms with Crippen LogP contribution in [0.2, 0.25) is 0 Å². The topological polar surface area (TPSA) is 63.5 Å². The maximum atomic E-state index is 13.1. The molecule has 1 saturated heterocycles. The monoisotopic (exact) mass is 343 g/mol. The first kappa shape index (κ1) is 17.3. The van der Waals surface area contributed by atoms with E-state index in [1.54, 1.807) is 18.8 Å². The van der Waals surface area contributed by atoms with Gasteiger partial charge in [0, 0.05) is 38.4 Å². The summed E-state index contributed by atoms with van der Waals surface area (Å²) in [5, 5.41) is 4.32. The number of nitrogens with zero attached hydrogens (tertiary/aromatic N) is 5. The molecule has 3 heterocycles. The third kappa shape index (κ3) is 3.18. The van der Waals surface area contributed by atoms with Crippen LogP contribution < -0.4 is 9.64 Å². The van der Waals surface area contributed by atoms with Crippen LogP contribution in [0.4, 0.5) is 5.82 Å². The number of anilines is 1. The van der Waals surface area contributed by atoms with E-state index in [2.05, 4.69) is 21.9 Å². The number of hydrogen-bond donors (Lipinski definition) is 0. The Kier molecular flexibility index (Phi) is 4.65. The van der Waals surface area contributed by atoms with Gasteiger partial charge in [0.2, 0.25) is 5.88 Å². The molecular weight excluding hydrogens is 318 g/mol. The second kappa shape index (κ2) is 6.74. The van der Waals surface area contributed by atoms with Crippen molar-refractivity contribution in [3.05, 3.63) is 35.2 Å². The van der Waals surface area contributed by atoms with E-state index >= 15 is 0 Å². The minimum absolute atomic E-state index is 0.0215. The molecule has 1 amide bonds. The van der Waals surface area contributed by atoms with E-state index in [1.165, 1.54) is 0 Å². The van der Waals surface area contributed by atoms with Crippen LogP contribution in [0.5, 0.6) is 5.88 Å². The number of ether oxygens (including phenoxy) is 1. The van der Waals surface area contributed by atoms with Crippen LogP contribution >= 0.6 is 0 Å². The summed E-state index contributed by atoms with van der Waals surface area (Å²) in [7, 11) is 3.35. The van der Waals surface area contributed by atoms with E-state index in [4.69, 9.17) is 4.74 Å². The Bertz CT molecular complexity index is 786. The van der Waals surface area contributed by atoms with Crippen molar-refractivity contribution in [3.63, 3.8) is 0 Å². The van der Waals surface area contributed by atoms with Crippen molar-refractivity contribution in [1.82, 2.24) is 19.7 Å². The van der Waals surface area contributed by atoms with E-state index in [9.17, 15) is 4.79 Å². The Morgan fingerprint density at radius 1 is 1.28 bits per heavy atom. The zero-order valence-corrected chi connectivity index (χ0v) is 15.5. The Morgan fingerprint density at radius 2 is 2.04 bits per heavy atom. The average Bonchev–Trinajstić information content (AvgIpc) is 2.87. The Hall–Kier alpha value is -2.57. The molecule has 2 aromatic heterocycles. The minimum atomic E-state index is -0.0215. The van der Waals surface area contributed by atoms with Crippen LogP contribution in [0.1, 0.15) is 28.7 Å². The smallest absolute Gasteiger partial charge is 0.261 e. The third-order valence-electron chi connectivity index (χ3n) is 4.66. The summed E-state index contributed by atoms with van der Waals surface area (Å²) in [6.07, 6.45) is 0. The molecule has 1 fully saturated rings. The number of aryl methyl sites for hydroxylation is 3. The van der Waals surface area contributed by atoms with Gasteiger partial charge in [-0.3, -0.25) is 4.79 Å². The van der Waals surface area contributed by atoms with E-state index < -0.39 is 0 Å². The van der Waals surface area contributed by atoms with Gasteiger partial charge in [-0.2, -0.15) is 5.10 Å². The molecule has 25 heavy (non-hydrogen) atoms. The Balaban J connectivity index is 1.79. The second-order valence-corrected chi connectivity index (χ2v) is 6.52. The highest BCUT2D eigenvalue weighted by atomic mass is 16.5. The van der Waals surface area contributed by atoms with Crippen LogP contribution in [-0.2, 0) is 7.05 Å². The third-order valence-corrected chi connectivity index (χ3v) is 4.66. The maximum absolute atomic E-state index is 13.1. The molecule has 0 spiro atoms. The number of methoxy groups -OCH3 is 1. The van der Waals surface area contributed by atoms with Gasteiger partial charge in [0.05, 0.1) is 12.8 Å². The van der Waals surface area contributed by atoms with Crippen molar-refractivity contribution >= 4 is 11.7 Å². The molecule has 7 nitrogen and oxygen atoms in total. The van der Waals surface area contributed by atoms with Crippen molar-refractivity contribution in [2.24, 2.45) is 7.05 Å². The SMILES string of the molecule is COc1c(C(=O)N2CCN(c3cccc(C)n3)C[C@H]2C)c(C)nn1C. The van der Waals surface area contributed by atoms with Gasteiger partial charge >= 0.3 is 0 Å². The highest BCUT2D eigenvalue weighted by Crippen LogP contribution is 2.25. The Labute approximate surface area is 148 Å². The molecule has 1 atom stereocenters. The van der Waals surface area contributed by atoms with Gasteiger partial charge in [0.25, 0.3) is 5.91 Å². The van der Waals surface area contributed by atoms with Crippen molar-refractivity contribution in [2.75, 3.05) is 31.6 Å². The molecule has 7 heteroatoms. The van der Waals surface area contributed by atoms with Crippen LogP contribution in [0.3, 0.4) is 0 Å². The van der Waals surface area contributed by atoms with Crippen LogP contribution in [0, 0.1) is 13.8 Å². The summed E-state index contributed by atoms with van der Waals surface area (Å²) in [4.78, 5) is 21.8. The summed E-state index contributed by atoms with van der Waals surface area (Å²) in [5.74, 6) is 1.46. The summed E-state index contributed by atoms with van der Waals surface area (Å²) in [6, 6.07) is 6.10. The quantitative estimate of drug-likeness (QED) is 0.850. The van der Waals surface area contributed by atoms with E-state index in [0.717, 1.165) is 24.6 Å². The summed E-state index contributed by atoms with van der Waals surface area (Å²) in [5.41, 5.74) is 2.25. The van der Waals surface area contributed by atoms with E-state index in [1.807, 2.05) is 36.9 Å². The summed E-state index contributed by atoms with van der Waals surface area (Å²) < 4.78 is 6.99. The van der Waals surface area contributed by atoms with Crippen LogP contribution in [-0.4, -0.2) is 58.4 Å². The van der Waals surface area contributed by atoms with Crippen molar-refractivity contribution in [2.45, 2.75) is 26.8 Å². The van der Waals surface area contributed by atoms with Crippen molar-refractivity contribution in [1.29, 1.82) is 0 Å². The molecule has 3 rings (SSSR count). The largest absolute Gasteiger partial charge is 0.481 e. The fourth-order valence-corrected chi connectivity index (χ4v) is 3.43. The lowest BCUT2D eigenvalue weighted by atomic mass is 10.1. The Morgan fingerprint density at radius 3 is 2.68 bits per heavy atom. The number of pyridine rings is 1. The first-order valence-electron chi connectivity index (χ1n) is 8.49. The molecule has 0 saturated carbocycles. The number of carbonyl (C=O) groups excluding carboxylic acids is 1. The lowest BCUT2D eigenvalue weighted by Gasteiger charge is -2.40. The highest BCUT2D eigenvalue weighted by molar-refractivity contribution is 5.98. The molecule has 1 aliphatic rings. The molecule has 134 valence electrons. The first-order valence-corrected chi connectivity index (χ1v) is 8.49. The maximum Gasteiger partial charge on any atom is 0.261 e. The number of hydrogen-bond acceptors (Lipinski definition) is 5. The lowest BCUT2D eigenvalue weighted by molar-refractivity contribution is 0.0669. The van der Waals surface area contributed by atoms with E-state index in [0.29, 0.717) is 23.7 Å². The number of carbonyl (C=O) groups is 1. The van der Waals surface area contributed by atoms with E-state index in [-0.39, 0.29) is 11.9 Å². The van der Waals surface area contributed by atoms with Gasteiger partial charge < -0.3 is 14.5 Å². The number of amides is 1. The van der Waals surface area contributed by atoms with Gasteiger partial charge in [-0.15, -0.1) is 0 Å². The van der Waals surface area contributed by atoms with Crippen molar-refractivity contribution < 1.29 is 9.53 Å². The molecule has 0 aliphatic carbocycles. The first-order chi connectivity index (χ1) is 11.9. The zero-order valence-electron chi connectivity index (χ0n) is 15.5. The van der Waals surface area contributed by atoms with Gasteiger partial charge in [-0.05, 0) is 32.9 Å². The number of rotatable bonds is 3. The highest BCUT2D eigenvalue weighted by Gasteiger charge is 2.32. The number of piperazine rings is 1.